The van der Waals surface area contributed by atoms with Crippen LogP contribution in [0.1, 0.15) is 42.0 Å². The summed E-state index contributed by atoms with van der Waals surface area (Å²) < 4.78 is 0. The number of carbonyl (C=O) groups excluding carboxylic acids is 2. The molecule has 1 aliphatic rings. The molecule has 0 fully saturated rings. The van der Waals surface area contributed by atoms with E-state index in [2.05, 4.69) is 20.3 Å². The molecule has 1 atom stereocenters. The summed E-state index contributed by atoms with van der Waals surface area (Å²) in [6.07, 6.45) is 1.34. The molecular formula is C23H26N6O4. The van der Waals surface area contributed by atoms with E-state index in [4.69, 9.17) is 0 Å². The molecule has 1 aliphatic heterocycles. The molecule has 10 heteroatoms. The number of nitrogens with one attached hydrogen (secondary N) is 2. The first-order valence-electron chi connectivity index (χ1n) is 10.7. The van der Waals surface area contributed by atoms with Crippen LogP contribution >= 0.6 is 0 Å². The predicted molar refractivity (Wildman–Crippen MR) is 121 cm³/mol. The molecule has 3 N–H and O–H groups in total. The Morgan fingerprint density at radius 1 is 1.30 bits per heavy atom. The number of anilines is 1. The lowest BCUT2D eigenvalue weighted by Gasteiger charge is -2.27. The number of carboxylic acid groups (broad SMARTS) is 1. The van der Waals surface area contributed by atoms with Crippen molar-refractivity contribution in [3.05, 3.63) is 53.5 Å². The van der Waals surface area contributed by atoms with Gasteiger partial charge in [0.1, 0.15) is 11.9 Å². The summed E-state index contributed by atoms with van der Waals surface area (Å²) in [6, 6.07) is 7.87. The van der Waals surface area contributed by atoms with E-state index in [1.165, 1.54) is 0 Å². The van der Waals surface area contributed by atoms with E-state index >= 15 is 0 Å². The number of hydrogen-bond donors (Lipinski definition) is 3. The van der Waals surface area contributed by atoms with Crippen LogP contribution in [-0.2, 0) is 22.7 Å². The normalized spacial score (nSPS) is 15.8. The molecule has 1 aromatic carbocycles. The maximum absolute atomic E-state index is 13.1. The molecule has 3 aromatic rings. The lowest BCUT2D eigenvalue weighted by molar-refractivity contribution is -0.142. The van der Waals surface area contributed by atoms with Gasteiger partial charge in [-0.15, -0.1) is 0 Å². The Bertz CT molecular complexity index is 1190. The van der Waals surface area contributed by atoms with Crippen LogP contribution in [0.2, 0.25) is 0 Å². The Morgan fingerprint density at radius 3 is 2.79 bits per heavy atom. The number of amides is 2. The van der Waals surface area contributed by atoms with Gasteiger partial charge in [-0.25, -0.2) is 9.97 Å². The third-order valence-electron chi connectivity index (χ3n) is 5.65. The first-order valence-corrected chi connectivity index (χ1v) is 10.7. The molecular weight excluding hydrogens is 424 g/mol. The summed E-state index contributed by atoms with van der Waals surface area (Å²) in [6.45, 7) is 4.33. The highest BCUT2D eigenvalue weighted by atomic mass is 16.4. The van der Waals surface area contributed by atoms with E-state index in [1.807, 2.05) is 26.0 Å². The lowest BCUT2D eigenvalue weighted by Crippen LogP contribution is -2.44. The van der Waals surface area contributed by atoms with Crippen molar-refractivity contribution in [2.24, 2.45) is 0 Å². The molecule has 4 rings (SSSR count). The highest BCUT2D eigenvalue weighted by Gasteiger charge is 2.32. The largest absolute Gasteiger partial charge is 0.481 e. The number of rotatable bonds is 6. The summed E-state index contributed by atoms with van der Waals surface area (Å²) in [5, 5.41) is 12.3. The number of aromatic amines is 1. The van der Waals surface area contributed by atoms with Crippen LogP contribution in [0.15, 0.2) is 36.5 Å². The second kappa shape index (κ2) is 8.89. The number of imidazole rings is 1. The summed E-state index contributed by atoms with van der Waals surface area (Å²) in [5.41, 5.74) is 3.29. The summed E-state index contributed by atoms with van der Waals surface area (Å²) in [7, 11) is 1.69. The van der Waals surface area contributed by atoms with Gasteiger partial charge < -0.3 is 25.2 Å². The SMILES string of the molecule is CC(C)N1Cc2cc(C(=O)N(C)Cc3nc4ncccc4[nH]3)ccc2N[C@@H](CC(=O)O)C1=O. The molecule has 0 unspecified atom stereocenters. The monoisotopic (exact) mass is 450 g/mol. The number of aromatic nitrogens is 3. The number of carboxylic acids is 1. The number of nitrogens with zero attached hydrogens (tertiary/aromatic N) is 4. The van der Waals surface area contributed by atoms with Gasteiger partial charge in [-0.3, -0.25) is 14.4 Å². The summed E-state index contributed by atoms with van der Waals surface area (Å²) >= 11 is 0. The number of carbonyl (C=O) groups is 3. The Kier molecular flexibility index (Phi) is 5.99. The van der Waals surface area contributed by atoms with E-state index in [0.29, 0.717) is 22.7 Å². The Hall–Kier alpha value is -3.95. The van der Waals surface area contributed by atoms with Crippen molar-refractivity contribution >= 4 is 34.6 Å². The van der Waals surface area contributed by atoms with Crippen LogP contribution < -0.4 is 5.32 Å². The first kappa shape index (κ1) is 22.3. The Balaban J connectivity index is 1.57. The van der Waals surface area contributed by atoms with Crippen LogP contribution in [0.3, 0.4) is 0 Å². The second-order valence-electron chi connectivity index (χ2n) is 8.45. The molecule has 0 spiro atoms. The van der Waals surface area contributed by atoms with E-state index in [-0.39, 0.29) is 37.4 Å². The van der Waals surface area contributed by atoms with Crippen molar-refractivity contribution in [3.8, 4) is 0 Å². The zero-order chi connectivity index (χ0) is 23.7. The number of benzene rings is 1. The van der Waals surface area contributed by atoms with Crippen LogP contribution in [-0.4, -0.2) is 66.8 Å². The summed E-state index contributed by atoms with van der Waals surface area (Å²) in [5.74, 6) is -0.890. The quantitative estimate of drug-likeness (QED) is 0.525. The van der Waals surface area contributed by atoms with E-state index in [1.54, 1.807) is 41.2 Å². The Labute approximate surface area is 190 Å². The van der Waals surface area contributed by atoms with Gasteiger partial charge in [-0.1, -0.05) is 0 Å². The van der Waals surface area contributed by atoms with E-state index in [9.17, 15) is 19.5 Å². The zero-order valence-corrected chi connectivity index (χ0v) is 18.7. The number of hydrogen-bond acceptors (Lipinski definition) is 6. The summed E-state index contributed by atoms with van der Waals surface area (Å²) in [4.78, 5) is 52.3. The van der Waals surface area contributed by atoms with Gasteiger partial charge >= 0.3 is 5.97 Å². The third-order valence-corrected chi connectivity index (χ3v) is 5.65. The molecule has 0 radical (unpaired) electrons. The van der Waals surface area contributed by atoms with E-state index < -0.39 is 12.0 Å². The average Bonchev–Trinajstić information content (AvgIpc) is 3.12. The molecule has 172 valence electrons. The molecule has 2 amide bonds. The number of H-pyrrole nitrogens is 1. The van der Waals surface area contributed by atoms with Crippen molar-refractivity contribution in [1.29, 1.82) is 0 Å². The van der Waals surface area contributed by atoms with Crippen LogP contribution in [0.5, 0.6) is 0 Å². The third kappa shape index (κ3) is 4.64. The van der Waals surface area contributed by atoms with Gasteiger partial charge in [0.2, 0.25) is 5.91 Å². The fraction of sp³-hybridized carbons (Fsp3) is 0.348. The minimum atomic E-state index is -1.05. The molecule has 2 aromatic heterocycles. The molecule has 0 bridgehead atoms. The van der Waals surface area contributed by atoms with Crippen molar-refractivity contribution in [2.75, 3.05) is 12.4 Å². The number of aliphatic carboxylic acids is 1. The lowest BCUT2D eigenvalue weighted by atomic mass is 10.1. The number of pyridine rings is 1. The highest BCUT2D eigenvalue weighted by Crippen LogP contribution is 2.27. The Morgan fingerprint density at radius 2 is 2.09 bits per heavy atom. The molecule has 3 heterocycles. The van der Waals surface area contributed by atoms with Gasteiger partial charge in [-0.2, -0.15) is 0 Å². The van der Waals surface area contributed by atoms with Gasteiger partial charge in [0, 0.05) is 37.1 Å². The highest BCUT2D eigenvalue weighted by molar-refractivity contribution is 5.95. The smallest absolute Gasteiger partial charge is 0.305 e. The second-order valence-corrected chi connectivity index (χ2v) is 8.45. The maximum atomic E-state index is 13.1. The van der Waals surface area contributed by atoms with Crippen LogP contribution in [0.25, 0.3) is 11.2 Å². The minimum absolute atomic E-state index is 0.120. The van der Waals surface area contributed by atoms with Crippen molar-refractivity contribution in [3.63, 3.8) is 0 Å². The van der Waals surface area contributed by atoms with Crippen LogP contribution in [0, 0.1) is 0 Å². The standard InChI is InChI=1S/C23H26N6O4/c1-13(2)29-11-15-9-14(6-7-16(15)25-18(23(29)33)10-20(30)31)22(32)28(3)12-19-26-17-5-4-8-24-21(17)27-19/h4-9,13,18,25H,10-12H2,1-3H3,(H,30,31)(H,24,26,27)/t18-/m0/s1. The molecule has 10 nitrogen and oxygen atoms in total. The van der Waals surface area contributed by atoms with Gasteiger partial charge in [0.25, 0.3) is 5.91 Å². The maximum Gasteiger partial charge on any atom is 0.305 e. The fourth-order valence-electron chi connectivity index (χ4n) is 3.95. The predicted octanol–water partition coefficient (Wildman–Crippen LogP) is 2.24. The van der Waals surface area contributed by atoms with Crippen molar-refractivity contribution in [1.82, 2.24) is 24.8 Å². The molecule has 0 aliphatic carbocycles. The molecule has 33 heavy (non-hydrogen) atoms. The zero-order valence-electron chi connectivity index (χ0n) is 18.7. The van der Waals surface area contributed by atoms with Gasteiger partial charge in [0.15, 0.2) is 5.65 Å². The van der Waals surface area contributed by atoms with Crippen molar-refractivity contribution < 1.29 is 19.5 Å². The van der Waals surface area contributed by atoms with E-state index in [0.717, 1.165) is 11.1 Å². The average molecular weight is 450 g/mol. The van der Waals surface area contributed by atoms with Crippen LogP contribution in [0.4, 0.5) is 5.69 Å². The van der Waals surface area contributed by atoms with Crippen molar-refractivity contribution in [2.45, 2.75) is 45.4 Å². The van der Waals surface area contributed by atoms with Gasteiger partial charge in [-0.05, 0) is 49.7 Å². The van der Waals surface area contributed by atoms with Gasteiger partial charge in [0.05, 0.1) is 18.5 Å². The minimum Gasteiger partial charge on any atom is -0.481 e. The topological polar surface area (TPSA) is 132 Å². The first-order chi connectivity index (χ1) is 15.7. The number of fused-ring (bicyclic) bond motifs is 2. The molecule has 0 saturated heterocycles. The molecule has 0 saturated carbocycles. The fourth-order valence-corrected chi connectivity index (χ4v) is 3.95.